The maximum Gasteiger partial charge on any atom is 0.250 e. The first-order valence-corrected chi connectivity index (χ1v) is 15.4. The van der Waals surface area contributed by atoms with Gasteiger partial charge in [0.2, 0.25) is 17.7 Å². The molecule has 3 fully saturated rings. The first-order chi connectivity index (χ1) is 20.3. The number of nitrogens with one attached hydrogen (secondary N) is 2. The van der Waals surface area contributed by atoms with Crippen LogP contribution in [0.4, 0.5) is 17.1 Å². The molecule has 3 aliphatic rings. The molecule has 0 aliphatic carbocycles. The molecule has 0 saturated carbocycles. The number of hydrogen-bond acceptors (Lipinski definition) is 6. The summed E-state index contributed by atoms with van der Waals surface area (Å²) in [5, 5.41) is 15.2. The topological polar surface area (TPSA) is 111 Å². The molecule has 226 valence electrons. The van der Waals surface area contributed by atoms with Gasteiger partial charge in [-0.2, -0.15) is 0 Å². The maximum absolute atomic E-state index is 14.2. The number of aliphatic hydroxyl groups is 1. The zero-order valence-corrected chi connectivity index (χ0v) is 25.0. The number of hydrogen-bond donors (Lipinski definition) is 3. The fourth-order valence-corrected chi connectivity index (χ4v) is 7.41. The SMILES string of the molecule is CCN(CC)c1ccc(NC(=O)C2N(CCCCCCO)C(=O)[C@@H]3[C@@H](C(=O)Nc4ccccc4)[C@@]4(C)CCC23O4)cc1. The van der Waals surface area contributed by atoms with Gasteiger partial charge in [0, 0.05) is 43.3 Å². The van der Waals surface area contributed by atoms with E-state index in [4.69, 9.17) is 9.84 Å². The predicted octanol–water partition coefficient (Wildman–Crippen LogP) is 4.43. The van der Waals surface area contributed by atoms with Crippen LogP contribution in [0.5, 0.6) is 0 Å². The summed E-state index contributed by atoms with van der Waals surface area (Å²) in [6.45, 7) is 8.43. The molecule has 3 N–H and O–H groups in total. The molecule has 0 radical (unpaired) electrons. The summed E-state index contributed by atoms with van der Waals surface area (Å²) in [5.74, 6) is -2.17. The summed E-state index contributed by atoms with van der Waals surface area (Å²) in [4.78, 5) is 45.9. The second-order valence-electron chi connectivity index (χ2n) is 12.0. The van der Waals surface area contributed by atoms with E-state index in [0.29, 0.717) is 43.6 Å². The third-order valence-corrected chi connectivity index (χ3v) is 9.42. The third kappa shape index (κ3) is 5.40. The molecule has 42 heavy (non-hydrogen) atoms. The lowest BCUT2D eigenvalue weighted by molar-refractivity contribution is -0.143. The fourth-order valence-electron chi connectivity index (χ4n) is 7.41. The van der Waals surface area contributed by atoms with Gasteiger partial charge < -0.3 is 30.3 Å². The normalized spacial score (nSPS) is 27.7. The Labute approximate surface area is 248 Å². The van der Waals surface area contributed by atoms with E-state index in [1.807, 2.05) is 61.5 Å². The summed E-state index contributed by atoms with van der Waals surface area (Å²) in [7, 11) is 0. The van der Waals surface area contributed by atoms with Crippen LogP contribution in [0.3, 0.4) is 0 Å². The number of anilines is 3. The summed E-state index contributed by atoms with van der Waals surface area (Å²) < 4.78 is 6.72. The Kier molecular flexibility index (Phi) is 8.89. The lowest BCUT2D eigenvalue weighted by Crippen LogP contribution is -2.53. The van der Waals surface area contributed by atoms with Crippen LogP contribution in [0, 0.1) is 11.8 Å². The molecule has 9 heteroatoms. The number of carbonyl (C=O) groups is 3. The molecular weight excluding hydrogens is 532 g/mol. The van der Waals surface area contributed by atoms with Gasteiger partial charge in [0.15, 0.2) is 0 Å². The number of nitrogens with zero attached hydrogens (tertiary/aromatic N) is 2. The van der Waals surface area contributed by atoms with E-state index >= 15 is 0 Å². The summed E-state index contributed by atoms with van der Waals surface area (Å²) in [6.07, 6.45) is 4.22. The van der Waals surface area contributed by atoms with E-state index in [9.17, 15) is 14.4 Å². The third-order valence-electron chi connectivity index (χ3n) is 9.42. The van der Waals surface area contributed by atoms with E-state index < -0.39 is 29.1 Å². The number of fused-ring (bicyclic) bond motifs is 1. The second kappa shape index (κ2) is 12.4. The molecule has 3 saturated heterocycles. The van der Waals surface area contributed by atoms with Crippen LogP contribution in [0.1, 0.15) is 59.3 Å². The van der Waals surface area contributed by atoms with Crippen LogP contribution in [-0.2, 0) is 19.1 Å². The standard InChI is InChI=1S/C33H44N4O5/c1-4-36(5-2)25-17-15-24(16-18-25)35-30(40)28-33-20-19-32(3,42-33)26(29(39)34-23-13-9-8-10-14-23)27(33)31(41)37(28)21-11-6-7-12-22-38/h8-10,13-18,26-28,38H,4-7,11-12,19-22H2,1-3H3,(H,34,39)(H,35,40)/t26-,27-,28?,32+,33?/m0/s1. The van der Waals surface area contributed by atoms with E-state index in [-0.39, 0.29) is 24.3 Å². The highest BCUT2D eigenvalue weighted by atomic mass is 16.5. The van der Waals surface area contributed by atoms with Crippen molar-refractivity contribution in [3.63, 3.8) is 0 Å². The molecule has 0 aromatic heterocycles. The van der Waals surface area contributed by atoms with Gasteiger partial charge in [-0.15, -0.1) is 0 Å². The zero-order chi connectivity index (χ0) is 29.9. The van der Waals surface area contributed by atoms with E-state index in [0.717, 1.165) is 31.6 Å². The predicted molar refractivity (Wildman–Crippen MR) is 163 cm³/mol. The zero-order valence-electron chi connectivity index (χ0n) is 25.0. The van der Waals surface area contributed by atoms with Gasteiger partial charge in [0.1, 0.15) is 11.6 Å². The molecule has 3 aliphatic heterocycles. The van der Waals surface area contributed by atoms with Gasteiger partial charge in [0.05, 0.1) is 17.4 Å². The van der Waals surface area contributed by atoms with Gasteiger partial charge in [-0.05, 0) is 82.9 Å². The van der Waals surface area contributed by atoms with Crippen molar-refractivity contribution in [2.75, 3.05) is 41.8 Å². The Morgan fingerprint density at radius 2 is 1.57 bits per heavy atom. The molecule has 9 nitrogen and oxygen atoms in total. The Hall–Kier alpha value is -3.43. The van der Waals surface area contributed by atoms with Crippen molar-refractivity contribution >= 4 is 34.8 Å². The number of amides is 3. The molecule has 3 heterocycles. The Bertz CT molecular complexity index is 1270. The van der Waals surface area contributed by atoms with Crippen LogP contribution >= 0.6 is 0 Å². The van der Waals surface area contributed by atoms with Crippen LogP contribution in [-0.4, -0.2) is 71.2 Å². The number of likely N-dealkylation sites (tertiary alicyclic amines) is 1. The first kappa shape index (κ1) is 30.0. The second-order valence-corrected chi connectivity index (χ2v) is 12.0. The van der Waals surface area contributed by atoms with Gasteiger partial charge in [0.25, 0.3) is 0 Å². The maximum atomic E-state index is 14.2. The average Bonchev–Trinajstić information content (AvgIpc) is 3.55. The Morgan fingerprint density at radius 1 is 0.929 bits per heavy atom. The fraction of sp³-hybridized carbons (Fsp3) is 0.545. The minimum atomic E-state index is -1.07. The lowest BCUT2D eigenvalue weighted by atomic mass is 9.66. The lowest BCUT2D eigenvalue weighted by Gasteiger charge is -2.33. The summed E-state index contributed by atoms with van der Waals surface area (Å²) in [5.41, 5.74) is 0.493. The monoisotopic (exact) mass is 576 g/mol. The molecule has 5 atom stereocenters. The number of para-hydroxylation sites is 1. The molecule has 2 bridgehead atoms. The number of ether oxygens (including phenoxy) is 1. The molecular formula is C33H44N4O5. The number of unbranched alkanes of at least 4 members (excludes halogenated alkanes) is 3. The van der Waals surface area contributed by atoms with Crippen molar-refractivity contribution in [1.29, 1.82) is 0 Å². The average molecular weight is 577 g/mol. The molecule has 5 rings (SSSR count). The number of aliphatic hydroxyl groups excluding tert-OH is 1. The smallest absolute Gasteiger partial charge is 0.250 e. The van der Waals surface area contributed by atoms with Crippen LogP contribution in [0.2, 0.25) is 0 Å². The van der Waals surface area contributed by atoms with E-state index in [1.54, 1.807) is 4.90 Å². The molecule has 3 amide bonds. The van der Waals surface area contributed by atoms with Crippen molar-refractivity contribution in [2.45, 2.75) is 76.5 Å². The summed E-state index contributed by atoms with van der Waals surface area (Å²) in [6, 6.07) is 16.1. The van der Waals surface area contributed by atoms with Gasteiger partial charge in [-0.1, -0.05) is 31.0 Å². The van der Waals surface area contributed by atoms with E-state index in [1.165, 1.54) is 0 Å². The molecule has 2 aromatic carbocycles. The van der Waals surface area contributed by atoms with Crippen molar-refractivity contribution in [2.24, 2.45) is 11.8 Å². The van der Waals surface area contributed by atoms with Gasteiger partial charge in [-0.25, -0.2) is 0 Å². The highest BCUT2D eigenvalue weighted by Crippen LogP contribution is 2.63. The minimum absolute atomic E-state index is 0.135. The van der Waals surface area contributed by atoms with Crippen molar-refractivity contribution in [1.82, 2.24) is 4.90 Å². The Balaban J connectivity index is 1.42. The Morgan fingerprint density at radius 3 is 2.24 bits per heavy atom. The van der Waals surface area contributed by atoms with E-state index in [2.05, 4.69) is 29.4 Å². The van der Waals surface area contributed by atoms with Crippen molar-refractivity contribution in [3.05, 3.63) is 54.6 Å². The first-order valence-electron chi connectivity index (χ1n) is 15.4. The van der Waals surface area contributed by atoms with Crippen LogP contribution in [0.15, 0.2) is 54.6 Å². The number of rotatable bonds is 13. The number of benzene rings is 2. The molecule has 2 unspecified atom stereocenters. The van der Waals surface area contributed by atoms with Crippen molar-refractivity contribution < 1.29 is 24.2 Å². The van der Waals surface area contributed by atoms with Crippen molar-refractivity contribution in [3.8, 4) is 0 Å². The molecule has 2 aromatic rings. The largest absolute Gasteiger partial charge is 0.396 e. The highest BCUT2D eigenvalue weighted by Gasteiger charge is 2.77. The quantitative estimate of drug-likeness (QED) is 0.305. The minimum Gasteiger partial charge on any atom is -0.396 e. The number of carbonyl (C=O) groups excluding carboxylic acids is 3. The highest BCUT2D eigenvalue weighted by molar-refractivity contribution is 6.05. The van der Waals surface area contributed by atoms with Crippen LogP contribution < -0.4 is 15.5 Å². The summed E-state index contributed by atoms with van der Waals surface area (Å²) >= 11 is 0. The van der Waals surface area contributed by atoms with Gasteiger partial charge in [-0.3, -0.25) is 14.4 Å². The van der Waals surface area contributed by atoms with Gasteiger partial charge >= 0.3 is 0 Å². The molecule has 1 spiro atoms. The van der Waals surface area contributed by atoms with Crippen LogP contribution in [0.25, 0.3) is 0 Å².